The Morgan fingerprint density at radius 1 is 1.50 bits per heavy atom. The van der Waals surface area contributed by atoms with Crippen LogP contribution in [0.15, 0.2) is 0 Å². The van der Waals surface area contributed by atoms with Crippen LogP contribution >= 0.6 is 12.0 Å². The maximum absolute atomic E-state index is 11.1. The van der Waals surface area contributed by atoms with Crippen LogP contribution < -0.4 is 0 Å². The highest BCUT2D eigenvalue weighted by Crippen LogP contribution is 2.20. The molecule has 0 rings (SSSR count). The molecule has 0 radical (unpaired) electrons. The van der Waals surface area contributed by atoms with E-state index in [0.717, 1.165) is 0 Å². The molecule has 0 unspecified atom stereocenters. The molecule has 1 nitrogen and oxygen atoms in total. The third kappa shape index (κ3) is 6.10. The molecule has 5 heteroatoms. The Balaban J connectivity index is 3.11. The lowest BCUT2D eigenvalue weighted by atomic mass is 10.8. The Morgan fingerprint density at radius 3 is 2.12 bits per heavy atom. The summed E-state index contributed by atoms with van der Waals surface area (Å²) in [6, 6.07) is 0. The molecule has 0 fully saturated rings. The first-order valence-corrected chi connectivity index (χ1v) is 2.69. The molecule has 0 saturated carbocycles. The molecule has 0 aliphatic heterocycles. The summed E-state index contributed by atoms with van der Waals surface area (Å²) in [5.74, 6) is -0.941. The van der Waals surface area contributed by atoms with E-state index in [0.29, 0.717) is 12.0 Å². The first-order valence-electron chi connectivity index (χ1n) is 1.78. The predicted octanol–water partition coefficient (Wildman–Crippen LogP) is 1.84. The van der Waals surface area contributed by atoms with Gasteiger partial charge in [-0.1, -0.05) is 0 Å². The minimum absolute atomic E-state index is 0.390. The van der Waals surface area contributed by atoms with E-state index in [1.807, 2.05) is 0 Å². The van der Waals surface area contributed by atoms with Crippen LogP contribution in [0.25, 0.3) is 0 Å². The normalized spacial score (nSPS) is 12.0. The second kappa shape index (κ2) is 3.19. The topological polar surface area (TPSA) is 9.23 Å². The average Bonchev–Trinajstić information content (AvgIpc) is 1.59. The highest BCUT2D eigenvalue weighted by molar-refractivity contribution is 7.94. The van der Waals surface area contributed by atoms with Gasteiger partial charge in [-0.3, -0.25) is 0 Å². The molecule has 0 bridgehead atoms. The molecule has 0 aromatic heterocycles. The van der Waals surface area contributed by atoms with E-state index < -0.39 is 11.9 Å². The zero-order valence-electron chi connectivity index (χ0n) is 4.16. The molecular formula is C3H5F3OS. The van der Waals surface area contributed by atoms with E-state index in [2.05, 4.69) is 4.18 Å². The lowest BCUT2D eigenvalue weighted by molar-refractivity contribution is -0.105. The van der Waals surface area contributed by atoms with Crippen molar-refractivity contribution in [2.45, 2.75) is 6.18 Å². The van der Waals surface area contributed by atoms with Crippen molar-refractivity contribution in [3.05, 3.63) is 0 Å². The third-order valence-electron chi connectivity index (χ3n) is 0.340. The Bertz CT molecular complexity index is 62.0. The van der Waals surface area contributed by atoms with E-state index in [9.17, 15) is 13.2 Å². The molecule has 0 aliphatic carbocycles. The Kier molecular flexibility index (Phi) is 3.23. The number of halogens is 3. The fourth-order valence-electron chi connectivity index (χ4n) is 0.126. The highest BCUT2D eigenvalue weighted by atomic mass is 32.2. The van der Waals surface area contributed by atoms with Gasteiger partial charge in [-0.2, -0.15) is 13.2 Å². The van der Waals surface area contributed by atoms with Gasteiger partial charge in [0, 0.05) is 12.0 Å². The van der Waals surface area contributed by atoms with Gasteiger partial charge in [-0.05, 0) is 0 Å². The molecule has 50 valence electrons. The molecule has 0 aromatic rings. The van der Waals surface area contributed by atoms with Crippen LogP contribution in [0, 0.1) is 0 Å². The molecule has 0 N–H and O–H groups in total. The summed E-state index contributed by atoms with van der Waals surface area (Å²) in [6.07, 6.45) is -4.11. The van der Waals surface area contributed by atoms with Crippen molar-refractivity contribution in [1.29, 1.82) is 0 Å². The van der Waals surface area contributed by atoms with Crippen LogP contribution in [0.1, 0.15) is 0 Å². The fourth-order valence-corrected chi connectivity index (χ4v) is 0.377. The van der Waals surface area contributed by atoms with Crippen molar-refractivity contribution in [3.8, 4) is 0 Å². The molecule has 0 atom stereocenters. The number of hydrogen-bond acceptors (Lipinski definition) is 2. The largest absolute Gasteiger partial charge is 0.400 e. The standard InChI is InChI=1S/C3H5F3OS/c1-7-8-2-3(4,5)6/h2H2,1H3. The molecule has 8 heavy (non-hydrogen) atoms. The Hall–Kier alpha value is 0.100. The molecular weight excluding hydrogens is 141 g/mol. The maximum Gasteiger partial charge on any atom is 0.400 e. The second-order valence-electron chi connectivity index (χ2n) is 1.04. The van der Waals surface area contributed by atoms with Crippen LogP contribution in [0.5, 0.6) is 0 Å². The van der Waals surface area contributed by atoms with Crippen molar-refractivity contribution >= 4 is 12.0 Å². The molecule has 0 aromatic carbocycles. The van der Waals surface area contributed by atoms with Crippen LogP contribution in [-0.2, 0) is 4.18 Å². The van der Waals surface area contributed by atoms with Crippen LogP contribution in [0.2, 0.25) is 0 Å². The van der Waals surface area contributed by atoms with E-state index in [4.69, 9.17) is 0 Å². The van der Waals surface area contributed by atoms with Crippen LogP contribution in [0.3, 0.4) is 0 Å². The first kappa shape index (κ1) is 8.10. The van der Waals surface area contributed by atoms with Gasteiger partial charge in [0.1, 0.15) is 5.75 Å². The monoisotopic (exact) mass is 146 g/mol. The lowest BCUT2D eigenvalue weighted by Crippen LogP contribution is -2.10. The summed E-state index contributed by atoms with van der Waals surface area (Å²) >= 11 is 0.390. The van der Waals surface area contributed by atoms with Crippen LogP contribution in [-0.4, -0.2) is 19.0 Å². The number of rotatable bonds is 2. The van der Waals surface area contributed by atoms with Gasteiger partial charge in [-0.25, -0.2) is 0 Å². The Morgan fingerprint density at radius 2 is 2.00 bits per heavy atom. The predicted molar refractivity (Wildman–Crippen MR) is 25.5 cm³/mol. The van der Waals surface area contributed by atoms with E-state index in [1.165, 1.54) is 7.11 Å². The van der Waals surface area contributed by atoms with Gasteiger partial charge in [0.25, 0.3) is 0 Å². The molecule has 0 heterocycles. The van der Waals surface area contributed by atoms with Gasteiger partial charge in [0.05, 0.1) is 7.11 Å². The summed E-state index contributed by atoms with van der Waals surface area (Å²) in [5, 5.41) is 0. The van der Waals surface area contributed by atoms with Crippen molar-refractivity contribution in [2.24, 2.45) is 0 Å². The summed E-state index contributed by atoms with van der Waals surface area (Å²) in [5.41, 5.74) is 0. The zero-order chi connectivity index (χ0) is 6.62. The quantitative estimate of drug-likeness (QED) is 0.550. The van der Waals surface area contributed by atoms with Crippen molar-refractivity contribution in [2.75, 3.05) is 12.9 Å². The fraction of sp³-hybridized carbons (Fsp3) is 1.00. The Labute approximate surface area is 49.4 Å². The second-order valence-corrected chi connectivity index (χ2v) is 1.90. The number of alkyl halides is 3. The molecule has 0 spiro atoms. The minimum Gasteiger partial charge on any atom is -0.318 e. The van der Waals surface area contributed by atoms with Crippen molar-refractivity contribution < 1.29 is 17.4 Å². The average molecular weight is 146 g/mol. The smallest absolute Gasteiger partial charge is 0.318 e. The SMILES string of the molecule is COSCC(F)(F)F. The highest BCUT2D eigenvalue weighted by Gasteiger charge is 2.27. The van der Waals surface area contributed by atoms with Crippen molar-refractivity contribution in [1.82, 2.24) is 0 Å². The van der Waals surface area contributed by atoms with Crippen LogP contribution in [0.4, 0.5) is 13.2 Å². The van der Waals surface area contributed by atoms with Crippen molar-refractivity contribution in [3.63, 3.8) is 0 Å². The summed E-state index contributed by atoms with van der Waals surface area (Å²) in [6.45, 7) is 0. The third-order valence-corrected chi connectivity index (χ3v) is 1.02. The summed E-state index contributed by atoms with van der Waals surface area (Å²) in [7, 11) is 1.20. The zero-order valence-corrected chi connectivity index (χ0v) is 4.97. The van der Waals surface area contributed by atoms with E-state index in [1.54, 1.807) is 0 Å². The van der Waals surface area contributed by atoms with Gasteiger partial charge in [-0.15, -0.1) is 0 Å². The van der Waals surface area contributed by atoms with Gasteiger partial charge in [0.15, 0.2) is 0 Å². The van der Waals surface area contributed by atoms with Gasteiger partial charge < -0.3 is 4.18 Å². The van der Waals surface area contributed by atoms with E-state index in [-0.39, 0.29) is 0 Å². The maximum atomic E-state index is 11.1. The van der Waals surface area contributed by atoms with Gasteiger partial charge in [0.2, 0.25) is 0 Å². The summed E-state index contributed by atoms with van der Waals surface area (Å²) in [4.78, 5) is 0. The number of hydrogen-bond donors (Lipinski definition) is 0. The minimum atomic E-state index is -4.11. The molecule has 0 aliphatic rings. The van der Waals surface area contributed by atoms with Gasteiger partial charge >= 0.3 is 6.18 Å². The lowest BCUT2D eigenvalue weighted by Gasteiger charge is -2.01. The first-order chi connectivity index (χ1) is 3.56. The molecule has 0 saturated heterocycles. The summed E-state index contributed by atoms with van der Waals surface area (Å²) < 4.78 is 37.5. The molecule has 0 amide bonds. The van der Waals surface area contributed by atoms with E-state index >= 15 is 0 Å².